The first-order chi connectivity index (χ1) is 11.2. The molecule has 8 heteroatoms. The van der Waals surface area contributed by atoms with Crippen LogP contribution in [0, 0.1) is 5.82 Å². The second-order valence-corrected chi connectivity index (χ2v) is 5.64. The molecule has 0 aliphatic carbocycles. The lowest BCUT2D eigenvalue weighted by atomic mass is 10.3. The van der Waals surface area contributed by atoms with Crippen LogP contribution in [0.5, 0.6) is 0 Å². The van der Waals surface area contributed by atoms with E-state index in [1.165, 1.54) is 34.9 Å². The van der Waals surface area contributed by atoms with E-state index in [0.717, 1.165) is 10.6 Å². The fraction of sp³-hybridized carbons (Fsp3) is 0.0667. The number of anilines is 1. The maximum absolute atomic E-state index is 12.8. The van der Waals surface area contributed by atoms with Gasteiger partial charge in [0.2, 0.25) is 5.91 Å². The summed E-state index contributed by atoms with van der Waals surface area (Å²) in [6.07, 6.45) is 1.48. The largest absolute Gasteiger partial charge is 0.325 e. The van der Waals surface area contributed by atoms with Crippen LogP contribution in [0.2, 0.25) is 0 Å². The minimum atomic E-state index is -0.293. The number of halogens is 1. The monoisotopic (exact) mass is 329 g/mol. The third-order valence-electron chi connectivity index (χ3n) is 2.93. The van der Waals surface area contributed by atoms with E-state index in [4.69, 9.17) is 0 Å². The summed E-state index contributed by atoms with van der Waals surface area (Å²) in [4.78, 5) is 12.8. The number of hydrogen-bond acceptors (Lipinski definition) is 5. The summed E-state index contributed by atoms with van der Waals surface area (Å²) < 4.78 is 14.3. The number of amides is 1. The number of carbonyl (C=O) groups is 1. The van der Waals surface area contributed by atoms with Gasteiger partial charge in [0, 0.05) is 10.6 Å². The molecule has 2 aromatic carbocycles. The molecule has 6 nitrogen and oxygen atoms in total. The summed E-state index contributed by atoms with van der Waals surface area (Å²) in [6, 6.07) is 13.2. The number of benzene rings is 2. The molecule has 0 bridgehead atoms. The van der Waals surface area contributed by atoms with Crippen molar-refractivity contribution >= 4 is 23.4 Å². The predicted octanol–water partition coefficient (Wildman–Crippen LogP) is 2.53. The van der Waals surface area contributed by atoms with Crippen molar-refractivity contribution in [1.82, 2.24) is 20.2 Å². The maximum atomic E-state index is 12.8. The lowest BCUT2D eigenvalue weighted by Gasteiger charge is -2.07. The average Bonchev–Trinajstić information content (AvgIpc) is 3.09. The van der Waals surface area contributed by atoms with Gasteiger partial charge in [-0.05, 0) is 52.9 Å². The Kier molecular flexibility index (Phi) is 4.62. The van der Waals surface area contributed by atoms with Gasteiger partial charge in [-0.1, -0.05) is 6.07 Å². The summed E-state index contributed by atoms with van der Waals surface area (Å²) in [5, 5.41) is 13.8. The van der Waals surface area contributed by atoms with E-state index in [9.17, 15) is 9.18 Å². The Balaban J connectivity index is 1.59. The van der Waals surface area contributed by atoms with Crippen LogP contribution in [0.4, 0.5) is 10.1 Å². The van der Waals surface area contributed by atoms with Crippen LogP contribution >= 0.6 is 11.8 Å². The SMILES string of the molecule is O=C(CSc1ccc(F)cc1)Nc1cccc(-n2cnnn2)c1. The first-order valence-corrected chi connectivity index (χ1v) is 7.71. The van der Waals surface area contributed by atoms with Crippen LogP contribution in [-0.4, -0.2) is 31.9 Å². The summed E-state index contributed by atoms with van der Waals surface area (Å²) in [7, 11) is 0. The Hall–Kier alpha value is -2.74. The van der Waals surface area contributed by atoms with Crippen molar-refractivity contribution in [3.05, 3.63) is 60.7 Å². The Morgan fingerprint density at radius 3 is 2.78 bits per heavy atom. The predicted molar refractivity (Wildman–Crippen MR) is 84.9 cm³/mol. The van der Waals surface area contributed by atoms with E-state index in [0.29, 0.717) is 5.69 Å². The van der Waals surface area contributed by atoms with Gasteiger partial charge < -0.3 is 5.32 Å². The number of hydrogen-bond donors (Lipinski definition) is 1. The van der Waals surface area contributed by atoms with Crippen LogP contribution in [0.3, 0.4) is 0 Å². The van der Waals surface area contributed by atoms with Gasteiger partial charge in [0.05, 0.1) is 11.4 Å². The molecule has 1 N–H and O–H groups in total. The zero-order valence-electron chi connectivity index (χ0n) is 11.9. The van der Waals surface area contributed by atoms with E-state index in [1.807, 2.05) is 6.07 Å². The summed E-state index contributed by atoms with van der Waals surface area (Å²) in [5.74, 6) is -0.202. The number of thioether (sulfide) groups is 1. The third kappa shape index (κ3) is 4.13. The fourth-order valence-corrected chi connectivity index (χ4v) is 2.58. The minimum Gasteiger partial charge on any atom is -0.325 e. The number of rotatable bonds is 5. The van der Waals surface area contributed by atoms with E-state index in [-0.39, 0.29) is 17.5 Å². The van der Waals surface area contributed by atoms with Crippen LogP contribution in [0.25, 0.3) is 5.69 Å². The van der Waals surface area contributed by atoms with Gasteiger partial charge in [0.15, 0.2) is 0 Å². The third-order valence-corrected chi connectivity index (χ3v) is 3.94. The molecule has 3 rings (SSSR count). The lowest BCUT2D eigenvalue weighted by molar-refractivity contribution is -0.113. The van der Waals surface area contributed by atoms with Gasteiger partial charge in [0.25, 0.3) is 0 Å². The molecular formula is C15H12FN5OS. The van der Waals surface area contributed by atoms with Gasteiger partial charge in [-0.15, -0.1) is 16.9 Å². The molecule has 3 aromatic rings. The number of tetrazole rings is 1. The van der Waals surface area contributed by atoms with Crippen molar-refractivity contribution in [2.45, 2.75) is 4.90 Å². The molecule has 1 heterocycles. The van der Waals surface area contributed by atoms with E-state index >= 15 is 0 Å². The van der Waals surface area contributed by atoms with Crippen molar-refractivity contribution in [2.75, 3.05) is 11.1 Å². The molecule has 1 aromatic heterocycles. The first kappa shape index (κ1) is 15.2. The highest BCUT2D eigenvalue weighted by molar-refractivity contribution is 8.00. The fourth-order valence-electron chi connectivity index (χ4n) is 1.88. The van der Waals surface area contributed by atoms with Gasteiger partial charge in [0.1, 0.15) is 12.1 Å². The molecule has 1 amide bonds. The van der Waals surface area contributed by atoms with Crippen molar-refractivity contribution in [3.8, 4) is 5.69 Å². The maximum Gasteiger partial charge on any atom is 0.234 e. The second kappa shape index (κ2) is 7.01. The molecule has 0 saturated carbocycles. The van der Waals surface area contributed by atoms with Crippen molar-refractivity contribution in [2.24, 2.45) is 0 Å². The van der Waals surface area contributed by atoms with Gasteiger partial charge in [-0.3, -0.25) is 4.79 Å². The number of aromatic nitrogens is 4. The van der Waals surface area contributed by atoms with Crippen LogP contribution in [0.15, 0.2) is 59.8 Å². The zero-order chi connectivity index (χ0) is 16.1. The highest BCUT2D eigenvalue weighted by Crippen LogP contribution is 2.19. The van der Waals surface area contributed by atoms with Gasteiger partial charge in [-0.25, -0.2) is 9.07 Å². The van der Waals surface area contributed by atoms with Crippen LogP contribution in [-0.2, 0) is 4.79 Å². The average molecular weight is 329 g/mol. The standard InChI is InChI=1S/C15H12FN5OS/c16-11-4-6-14(7-5-11)23-9-15(22)18-12-2-1-3-13(8-12)21-10-17-19-20-21/h1-8,10H,9H2,(H,18,22). The molecule has 0 fully saturated rings. The Labute approximate surface area is 135 Å². The summed E-state index contributed by atoms with van der Waals surface area (Å²) >= 11 is 1.34. The van der Waals surface area contributed by atoms with E-state index in [1.54, 1.807) is 30.3 Å². The number of carbonyl (C=O) groups excluding carboxylic acids is 1. The number of nitrogens with zero attached hydrogens (tertiary/aromatic N) is 4. The molecular weight excluding hydrogens is 317 g/mol. The highest BCUT2D eigenvalue weighted by atomic mass is 32.2. The zero-order valence-corrected chi connectivity index (χ0v) is 12.7. The molecule has 0 spiro atoms. The summed E-state index contributed by atoms with van der Waals surface area (Å²) in [6.45, 7) is 0. The van der Waals surface area contributed by atoms with Crippen molar-refractivity contribution < 1.29 is 9.18 Å². The first-order valence-electron chi connectivity index (χ1n) is 6.72. The van der Waals surface area contributed by atoms with Gasteiger partial charge in [-0.2, -0.15) is 0 Å². The van der Waals surface area contributed by atoms with Crippen molar-refractivity contribution in [1.29, 1.82) is 0 Å². The molecule has 0 radical (unpaired) electrons. The topological polar surface area (TPSA) is 72.7 Å². The van der Waals surface area contributed by atoms with Crippen LogP contribution in [0.1, 0.15) is 0 Å². The smallest absolute Gasteiger partial charge is 0.234 e. The summed E-state index contributed by atoms with van der Waals surface area (Å²) in [5.41, 5.74) is 1.40. The molecule has 0 aliphatic heterocycles. The van der Waals surface area contributed by atoms with E-state index < -0.39 is 0 Å². The van der Waals surface area contributed by atoms with E-state index in [2.05, 4.69) is 20.8 Å². The Morgan fingerprint density at radius 2 is 2.04 bits per heavy atom. The second-order valence-electron chi connectivity index (χ2n) is 4.60. The molecule has 0 aliphatic rings. The Bertz CT molecular complexity index is 792. The molecule has 0 unspecified atom stereocenters. The molecule has 23 heavy (non-hydrogen) atoms. The quantitative estimate of drug-likeness (QED) is 0.728. The Morgan fingerprint density at radius 1 is 1.22 bits per heavy atom. The minimum absolute atomic E-state index is 0.145. The molecule has 0 atom stereocenters. The molecule has 0 saturated heterocycles. The van der Waals surface area contributed by atoms with Crippen LogP contribution < -0.4 is 5.32 Å². The lowest BCUT2D eigenvalue weighted by Crippen LogP contribution is -2.14. The highest BCUT2D eigenvalue weighted by Gasteiger charge is 2.06. The normalized spacial score (nSPS) is 10.5. The number of nitrogens with one attached hydrogen (secondary N) is 1. The van der Waals surface area contributed by atoms with Crippen molar-refractivity contribution in [3.63, 3.8) is 0 Å². The van der Waals surface area contributed by atoms with Gasteiger partial charge >= 0.3 is 0 Å². The molecule has 116 valence electrons.